The lowest BCUT2D eigenvalue weighted by atomic mass is 9.83. The van der Waals surface area contributed by atoms with Gasteiger partial charge in [-0.2, -0.15) is 0 Å². The van der Waals surface area contributed by atoms with E-state index in [4.69, 9.17) is 0 Å². The minimum absolute atomic E-state index is 0.0678. The van der Waals surface area contributed by atoms with Crippen LogP contribution in [0.4, 0.5) is 4.79 Å². The van der Waals surface area contributed by atoms with Gasteiger partial charge in [-0.05, 0) is 24.1 Å². The predicted octanol–water partition coefficient (Wildman–Crippen LogP) is 2.14. The van der Waals surface area contributed by atoms with Crippen molar-refractivity contribution in [2.24, 2.45) is 0 Å². The van der Waals surface area contributed by atoms with Crippen molar-refractivity contribution < 1.29 is 18.0 Å². The molecule has 2 atom stereocenters. The summed E-state index contributed by atoms with van der Waals surface area (Å²) in [4.78, 5) is 29.9. The van der Waals surface area contributed by atoms with Crippen molar-refractivity contribution in [2.75, 3.05) is 24.7 Å². The molecule has 1 N–H and O–H groups in total. The lowest BCUT2D eigenvalue weighted by Crippen LogP contribution is -2.49. The van der Waals surface area contributed by atoms with Crippen LogP contribution in [-0.2, 0) is 26.6 Å². The zero-order valence-corrected chi connectivity index (χ0v) is 18.3. The van der Waals surface area contributed by atoms with Crippen LogP contribution >= 0.6 is 0 Å². The fourth-order valence-corrected chi connectivity index (χ4v) is 6.28. The summed E-state index contributed by atoms with van der Waals surface area (Å²) in [5.41, 5.74) is 0.475. The molecule has 0 spiro atoms. The summed E-state index contributed by atoms with van der Waals surface area (Å²) in [6.45, 7) is 2.54. The van der Waals surface area contributed by atoms with Crippen LogP contribution < -0.4 is 5.32 Å². The van der Waals surface area contributed by atoms with Crippen molar-refractivity contribution in [2.45, 2.75) is 31.3 Å². The third kappa shape index (κ3) is 4.22. The van der Waals surface area contributed by atoms with Crippen molar-refractivity contribution in [1.29, 1.82) is 0 Å². The van der Waals surface area contributed by atoms with E-state index in [1.165, 1.54) is 4.90 Å². The maximum atomic E-state index is 13.7. The molecule has 2 aliphatic rings. The standard InChI is InChI=1S/C23H27N3O4S/c1-2-25(20-13-14-31(29,30)16-20)17-26-21(27)23(24-22(26)28,19-11-7-4-8-12-19)15-18-9-5-3-6-10-18/h3-12,20H,2,13-17H2,1H3,(H,24,28)/t20-,23+/m1/s1. The molecule has 7 nitrogen and oxygen atoms in total. The molecule has 2 aromatic carbocycles. The Morgan fingerprint density at radius 3 is 2.29 bits per heavy atom. The fraction of sp³-hybridized carbons (Fsp3) is 0.391. The van der Waals surface area contributed by atoms with Crippen LogP contribution in [0.25, 0.3) is 0 Å². The molecule has 0 radical (unpaired) electrons. The van der Waals surface area contributed by atoms with E-state index < -0.39 is 21.4 Å². The van der Waals surface area contributed by atoms with Crippen LogP contribution in [0.3, 0.4) is 0 Å². The smallest absolute Gasteiger partial charge is 0.319 e. The minimum Gasteiger partial charge on any atom is -0.319 e. The number of rotatable bonds is 7. The van der Waals surface area contributed by atoms with Gasteiger partial charge in [0.2, 0.25) is 0 Å². The molecule has 8 heteroatoms. The normalized spacial score (nSPS) is 25.2. The maximum absolute atomic E-state index is 13.7. The highest BCUT2D eigenvalue weighted by molar-refractivity contribution is 7.91. The summed E-state index contributed by atoms with van der Waals surface area (Å²) in [6.07, 6.45) is 0.858. The van der Waals surface area contributed by atoms with Crippen molar-refractivity contribution in [3.63, 3.8) is 0 Å². The van der Waals surface area contributed by atoms with Gasteiger partial charge in [0.15, 0.2) is 15.4 Å². The molecule has 0 aromatic heterocycles. The number of benzene rings is 2. The average Bonchev–Trinajstić information content (AvgIpc) is 3.24. The number of hydrogen-bond acceptors (Lipinski definition) is 5. The zero-order chi connectivity index (χ0) is 22.1. The predicted molar refractivity (Wildman–Crippen MR) is 118 cm³/mol. The number of carbonyl (C=O) groups is 2. The quantitative estimate of drug-likeness (QED) is 0.666. The Kier molecular flexibility index (Phi) is 5.85. The summed E-state index contributed by atoms with van der Waals surface area (Å²) in [5, 5.41) is 2.96. The number of nitrogens with zero attached hydrogens (tertiary/aromatic N) is 2. The van der Waals surface area contributed by atoms with E-state index in [0.717, 1.165) is 11.1 Å². The first-order valence-corrected chi connectivity index (χ1v) is 12.3. The summed E-state index contributed by atoms with van der Waals surface area (Å²) < 4.78 is 23.9. The van der Waals surface area contributed by atoms with Crippen molar-refractivity contribution in [1.82, 2.24) is 15.1 Å². The first kappa shape index (κ1) is 21.5. The first-order valence-electron chi connectivity index (χ1n) is 10.5. The van der Waals surface area contributed by atoms with Crippen LogP contribution in [0.5, 0.6) is 0 Å². The van der Waals surface area contributed by atoms with Crippen LogP contribution in [0.15, 0.2) is 60.7 Å². The molecule has 0 aliphatic carbocycles. The molecule has 0 bridgehead atoms. The van der Waals surface area contributed by atoms with Gasteiger partial charge in [-0.3, -0.25) is 9.69 Å². The molecule has 3 amide bonds. The zero-order valence-electron chi connectivity index (χ0n) is 17.5. The second-order valence-electron chi connectivity index (χ2n) is 8.20. The monoisotopic (exact) mass is 441 g/mol. The van der Waals surface area contributed by atoms with Gasteiger partial charge in [-0.1, -0.05) is 67.6 Å². The highest BCUT2D eigenvalue weighted by atomic mass is 32.2. The van der Waals surface area contributed by atoms with Crippen molar-refractivity contribution >= 4 is 21.8 Å². The van der Waals surface area contributed by atoms with Gasteiger partial charge in [0, 0.05) is 12.5 Å². The molecule has 2 fully saturated rings. The molecular weight excluding hydrogens is 414 g/mol. The van der Waals surface area contributed by atoms with Gasteiger partial charge < -0.3 is 5.32 Å². The van der Waals surface area contributed by atoms with Gasteiger partial charge in [0.1, 0.15) is 0 Å². The number of imide groups is 1. The Bertz CT molecular complexity index is 1060. The highest BCUT2D eigenvalue weighted by Crippen LogP contribution is 2.33. The third-order valence-corrected chi connectivity index (χ3v) is 7.96. The van der Waals surface area contributed by atoms with Gasteiger partial charge in [0.25, 0.3) is 5.91 Å². The molecule has 31 heavy (non-hydrogen) atoms. The molecule has 0 saturated carbocycles. The molecule has 2 saturated heterocycles. The van der Waals surface area contributed by atoms with Crippen LogP contribution in [-0.4, -0.2) is 60.9 Å². The van der Waals surface area contributed by atoms with Crippen LogP contribution in [0.1, 0.15) is 24.5 Å². The SMILES string of the molecule is CCN(CN1C(=O)N[C@@](Cc2ccccc2)(c2ccccc2)C1=O)[C@@H]1CCS(=O)(=O)C1. The number of amides is 3. The van der Waals surface area contributed by atoms with Crippen LogP contribution in [0, 0.1) is 0 Å². The highest BCUT2D eigenvalue weighted by Gasteiger charge is 2.53. The van der Waals surface area contributed by atoms with Gasteiger partial charge in [-0.15, -0.1) is 0 Å². The largest absolute Gasteiger partial charge is 0.326 e. The number of nitrogens with one attached hydrogen (secondary N) is 1. The maximum Gasteiger partial charge on any atom is 0.326 e. The molecule has 2 heterocycles. The van der Waals surface area contributed by atoms with E-state index >= 15 is 0 Å². The van der Waals surface area contributed by atoms with Crippen LogP contribution in [0.2, 0.25) is 0 Å². The number of urea groups is 1. The second kappa shape index (κ2) is 8.43. The lowest BCUT2D eigenvalue weighted by Gasteiger charge is -2.31. The van der Waals surface area contributed by atoms with E-state index in [0.29, 0.717) is 19.4 Å². The van der Waals surface area contributed by atoms with E-state index in [2.05, 4.69) is 5.32 Å². The summed E-state index contributed by atoms with van der Waals surface area (Å²) >= 11 is 0. The minimum atomic E-state index is -3.06. The Balaban J connectivity index is 1.64. The number of carbonyl (C=O) groups excluding carboxylic acids is 2. The molecule has 0 unspecified atom stereocenters. The number of sulfone groups is 1. The van der Waals surface area contributed by atoms with Crippen molar-refractivity contribution in [3.8, 4) is 0 Å². The molecular formula is C23H27N3O4S. The lowest BCUT2D eigenvalue weighted by molar-refractivity contribution is -0.133. The van der Waals surface area contributed by atoms with E-state index in [1.807, 2.05) is 72.5 Å². The van der Waals surface area contributed by atoms with Gasteiger partial charge >= 0.3 is 6.03 Å². The molecule has 2 aromatic rings. The molecule has 164 valence electrons. The third-order valence-electron chi connectivity index (χ3n) is 6.21. The van der Waals surface area contributed by atoms with Gasteiger partial charge in [0.05, 0.1) is 18.2 Å². The van der Waals surface area contributed by atoms with Gasteiger partial charge in [-0.25, -0.2) is 18.1 Å². The number of hydrogen-bond donors (Lipinski definition) is 1. The van der Waals surface area contributed by atoms with E-state index in [-0.39, 0.29) is 30.1 Å². The average molecular weight is 442 g/mol. The Morgan fingerprint density at radius 1 is 1.06 bits per heavy atom. The summed E-state index contributed by atoms with van der Waals surface area (Å²) in [7, 11) is -3.06. The molecule has 4 rings (SSSR count). The molecule has 2 aliphatic heterocycles. The Morgan fingerprint density at radius 2 is 1.71 bits per heavy atom. The Labute approximate surface area is 183 Å². The van der Waals surface area contributed by atoms with E-state index in [9.17, 15) is 18.0 Å². The first-order chi connectivity index (χ1) is 14.8. The van der Waals surface area contributed by atoms with Crippen molar-refractivity contribution in [3.05, 3.63) is 71.8 Å². The Hall–Kier alpha value is -2.71. The van der Waals surface area contributed by atoms with E-state index in [1.54, 1.807) is 0 Å². The fourth-order valence-electron chi connectivity index (χ4n) is 4.52. The second-order valence-corrected chi connectivity index (χ2v) is 10.4. The topological polar surface area (TPSA) is 86.8 Å². The summed E-state index contributed by atoms with van der Waals surface area (Å²) in [6, 6.07) is 18.3. The summed E-state index contributed by atoms with van der Waals surface area (Å²) in [5.74, 6) is -0.0962.